The van der Waals surface area contributed by atoms with Crippen molar-refractivity contribution >= 4 is 49.9 Å². The van der Waals surface area contributed by atoms with E-state index in [2.05, 4.69) is 34.7 Å². The normalized spacial score (nSPS) is 11.5. The van der Waals surface area contributed by atoms with Crippen LogP contribution in [0.3, 0.4) is 0 Å². The number of aromatic nitrogens is 1. The number of carbonyl (C=O) groups is 1. The lowest BCUT2D eigenvalue weighted by molar-refractivity contribution is -0.126. The van der Waals surface area contributed by atoms with Crippen molar-refractivity contribution in [2.45, 2.75) is 34.6 Å². The van der Waals surface area contributed by atoms with E-state index in [0.717, 1.165) is 15.8 Å². The lowest BCUT2D eigenvalue weighted by atomic mass is 9.96. The molecule has 0 aliphatic heterocycles. The van der Waals surface area contributed by atoms with Crippen LogP contribution in [-0.4, -0.2) is 16.0 Å². The molecule has 1 heterocycles. The maximum absolute atomic E-state index is 11.9. The molecule has 0 aliphatic rings. The Morgan fingerprint density at radius 3 is 2.57 bits per heavy atom. The molecule has 0 saturated heterocycles. The van der Waals surface area contributed by atoms with Crippen LogP contribution in [-0.2, 0) is 4.79 Å². The van der Waals surface area contributed by atoms with Crippen molar-refractivity contribution < 1.29 is 4.79 Å². The zero-order chi connectivity index (χ0) is 15.8. The molecule has 4 nitrogen and oxygen atoms in total. The minimum Gasteiger partial charge on any atom is -0.308 e. The predicted octanol–water partition coefficient (Wildman–Crippen LogP) is 3.77. The number of rotatable bonds is 1. The van der Waals surface area contributed by atoms with E-state index in [1.54, 1.807) is 0 Å². The van der Waals surface area contributed by atoms with Crippen molar-refractivity contribution in [1.82, 2.24) is 10.3 Å². The highest BCUT2D eigenvalue weighted by Gasteiger charge is 2.22. The second-order valence-electron chi connectivity index (χ2n) is 6.11. The molecule has 0 radical (unpaired) electrons. The number of hydrogen-bond acceptors (Lipinski definition) is 4. The summed E-state index contributed by atoms with van der Waals surface area (Å²) in [4.78, 5) is 16.4. The summed E-state index contributed by atoms with van der Waals surface area (Å²) in [6.07, 6.45) is 0. The summed E-state index contributed by atoms with van der Waals surface area (Å²) < 4.78 is 1.11. The first kappa shape index (κ1) is 15.9. The Labute approximate surface area is 134 Å². The van der Waals surface area contributed by atoms with Crippen LogP contribution in [0.1, 0.15) is 31.9 Å². The van der Waals surface area contributed by atoms with E-state index in [9.17, 15) is 4.79 Å². The second kappa shape index (κ2) is 5.69. The van der Waals surface area contributed by atoms with Crippen LogP contribution in [0.5, 0.6) is 0 Å². The van der Waals surface area contributed by atoms with Gasteiger partial charge in [0.1, 0.15) is 0 Å². The van der Waals surface area contributed by atoms with Crippen LogP contribution in [0.2, 0.25) is 0 Å². The summed E-state index contributed by atoms with van der Waals surface area (Å²) in [5.41, 5.74) is 2.84. The maximum Gasteiger partial charge on any atom is 0.231 e. The molecule has 1 aromatic heterocycles. The van der Waals surface area contributed by atoms with Crippen LogP contribution in [0.15, 0.2) is 12.1 Å². The minimum atomic E-state index is -0.479. The van der Waals surface area contributed by atoms with Gasteiger partial charge in [0.15, 0.2) is 10.2 Å². The van der Waals surface area contributed by atoms with E-state index in [1.165, 1.54) is 16.9 Å². The highest BCUT2D eigenvalue weighted by molar-refractivity contribution is 7.80. The molecule has 0 bridgehead atoms. The molecule has 112 valence electrons. The average molecular weight is 321 g/mol. The Bertz CT molecular complexity index is 714. The van der Waals surface area contributed by atoms with Gasteiger partial charge in [0.2, 0.25) is 5.91 Å². The van der Waals surface area contributed by atoms with Gasteiger partial charge in [-0.05, 0) is 43.3 Å². The molecule has 2 aromatic rings. The van der Waals surface area contributed by atoms with Crippen molar-refractivity contribution in [2.75, 3.05) is 5.32 Å². The molecular formula is C15H19N3OS2. The molecule has 0 spiro atoms. The van der Waals surface area contributed by atoms with Crippen molar-refractivity contribution in [3.05, 3.63) is 23.3 Å². The Kier molecular flexibility index (Phi) is 4.30. The summed E-state index contributed by atoms with van der Waals surface area (Å²) in [7, 11) is 0. The molecule has 2 N–H and O–H groups in total. The maximum atomic E-state index is 11.9. The number of thiazole rings is 1. The number of amides is 1. The van der Waals surface area contributed by atoms with Gasteiger partial charge in [-0.2, -0.15) is 0 Å². The Morgan fingerprint density at radius 2 is 1.95 bits per heavy atom. The second-order valence-corrected chi connectivity index (χ2v) is 7.54. The fourth-order valence-corrected chi connectivity index (χ4v) is 3.14. The number of benzene rings is 1. The number of fused-ring (bicyclic) bond motifs is 1. The molecular weight excluding hydrogens is 302 g/mol. The number of nitrogens with one attached hydrogen (secondary N) is 2. The topological polar surface area (TPSA) is 54.0 Å². The molecule has 0 aliphatic carbocycles. The summed E-state index contributed by atoms with van der Waals surface area (Å²) in [5.74, 6) is -0.117. The van der Waals surface area contributed by atoms with Gasteiger partial charge in [-0.15, -0.1) is 0 Å². The van der Waals surface area contributed by atoms with Crippen molar-refractivity contribution in [3.63, 3.8) is 0 Å². The summed E-state index contributed by atoms with van der Waals surface area (Å²) in [5, 5.41) is 6.65. The summed E-state index contributed by atoms with van der Waals surface area (Å²) in [6, 6.07) is 4.20. The molecule has 1 amide bonds. The first-order chi connectivity index (χ1) is 9.66. The van der Waals surface area contributed by atoms with Gasteiger partial charge >= 0.3 is 0 Å². The lowest BCUT2D eigenvalue weighted by Crippen LogP contribution is -2.41. The molecule has 1 aromatic carbocycles. The number of nitrogens with zero attached hydrogens (tertiary/aromatic N) is 1. The third-order valence-electron chi connectivity index (χ3n) is 2.96. The Morgan fingerprint density at radius 1 is 1.29 bits per heavy atom. The average Bonchev–Trinajstić information content (AvgIpc) is 2.69. The van der Waals surface area contributed by atoms with Crippen LogP contribution in [0.25, 0.3) is 10.2 Å². The third-order valence-corrected chi connectivity index (χ3v) is 4.08. The predicted molar refractivity (Wildman–Crippen MR) is 92.9 cm³/mol. The molecule has 0 unspecified atom stereocenters. The standard InChI is InChI=1S/C15H19N3OS2/c1-8-6-9(2)11-10(7-8)21-14(16-11)18-13(20)17-12(19)15(3,4)5/h6-7H,1-5H3,(H2,16,17,18,19,20). The number of anilines is 1. The van der Waals surface area contributed by atoms with Gasteiger partial charge in [-0.1, -0.05) is 38.2 Å². The number of aryl methyl sites for hydroxylation is 2. The smallest absolute Gasteiger partial charge is 0.231 e. The summed E-state index contributed by atoms with van der Waals surface area (Å²) >= 11 is 6.70. The van der Waals surface area contributed by atoms with Gasteiger partial charge in [-0.25, -0.2) is 4.98 Å². The largest absolute Gasteiger partial charge is 0.308 e. The monoisotopic (exact) mass is 321 g/mol. The molecule has 0 saturated carbocycles. The van der Waals surface area contributed by atoms with Gasteiger partial charge in [0.25, 0.3) is 0 Å². The third kappa shape index (κ3) is 3.77. The fourth-order valence-electron chi connectivity index (χ4n) is 1.84. The minimum absolute atomic E-state index is 0.117. The number of carbonyl (C=O) groups excluding carboxylic acids is 1. The van der Waals surface area contributed by atoms with E-state index in [1.807, 2.05) is 27.7 Å². The van der Waals surface area contributed by atoms with Crippen molar-refractivity contribution in [3.8, 4) is 0 Å². The SMILES string of the molecule is Cc1cc(C)c2nc(NC(=S)NC(=O)C(C)(C)C)sc2c1. The molecule has 0 fully saturated rings. The molecule has 2 rings (SSSR count). The van der Waals surface area contributed by atoms with E-state index in [0.29, 0.717) is 5.13 Å². The highest BCUT2D eigenvalue weighted by atomic mass is 32.1. The zero-order valence-corrected chi connectivity index (χ0v) is 14.5. The number of hydrogen-bond donors (Lipinski definition) is 2. The van der Waals surface area contributed by atoms with Crippen LogP contribution in [0.4, 0.5) is 5.13 Å². The zero-order valence-electron chi connectivity index (χ0n) is 12.8. The summed E-state index contributed by atoms with van der Waals surface area (Å²) in [6.45, 7) is 9.63. The quantitative estimate of drug-likeness (QED) is 0.785. The van der Waals surface area contributed by atoms with E-state index in [4.69, 9.17) is 12.2 Å². The lowest BCUT2D eigenvalue weighted by Gasteiger charge is -2.17. The van der Waals surface area contributed by atoms with E-state index in [-0.39, 0.29) is 11.0 Å². The van der Waals surface area contributed by atoms with Crippen molar-refractivity contribution in [1.29, 1.82) is 0 Å². The van der Waals surface area contributed by atoms with Gasteiger partial charge in [0, 0.05) is 5.41 Å². The Hall–Kier alpha value is -1.53. The molecule has 6 heteroatoms. The van der Waals surface area contributed by atoms with Crippen LogP contribution >= 0.6 is 23.6 Å². The first-order valence-corrected chi connectivity index (χ1v) is 7.89. The Balaban J connectivity index is 2.15. The van der Waals surface area contributed by atoms with Crippen LogP contribution in [0, 0.1) is 19.3 Å². The van der Waals surface area contributed by atoms with E-state index < -0.39 is 5.41 Å². The molecule has 0 atom stereocenters. The van der Waals surface area contributed by atoms with Gasteiger partial charge < -0.3 is 10.6 Å². The van der Waals surface area contributed by atoms with Gasteiger partial charge in [-0.3, -0.25) is 4.79 Å². The first-order valence-electron chi connectivity index (χ1n) is 6.67. The van der Waals surface area contributed by atoms with Crippen LogP contribution < -0.4 is 10.6 Å². The number of thiocarbonyl (C=S) groups is 1. The molecule has 21 heavy (non-hydrogen) atoms. The highest BCUT2D eigenvalue weighted by Crippen LogP contribution is 2.29. The van der Waals surface area contributed by atoms with Gasteiger partial charge in [0.05, 0.1) is 10.2 Å². The van der Waals surface area contributed by atoms with E-state index >= 15 is 0 Å². The fraction of sp³-hybridized carbons (Fsp3) is 0.400. The van der Waals surface area contributed by atoms with Crippen molar-refractivity contribution in [2.24, 2.45) is 5.41 Å².